The minimum Gasteiger partial charge on any atom is -0.381 e. The van der Waals surface area contributed by atoms with E-state index in [9.17, 15) is 0 Å². The second-order valence-corrected chi connectivity index (χ2v) is 6.65. The van der Waals surface area contributed by atoms with Crippen LogP contribution in [0.25, 0.3) is 0 Å². The van der Waals surface area contributed by atoms with Crippen LogP contribution in [0.1, 0.15) is 46.0 Å². The molecule has 1 saturated heterocycles. The molecule has 1 heterocycles. The van der Waals surface area contributed by atoms with E-state index < -0.39 is 0 Å². The van der Waals surface area contributed by atoms with Gasteiger partial charge in [0.25, 0.3) is 0 Å². The molecule has 0 aromatic carbocycles. The number of rotatable bonds is 5. The molecule has 0 aromatic heterocycles. The van der Waals surface area contributed by atoms with Gasteiger partial charge in [0.2, 0.25) is 0 Å². The largest absolute Gasteiger partial charge is 0.381 e. The molecule has 1 aliphatic heterocycles. The van der Waals surface area contributed by atoms with Crippen LogP contribution >= 0.6 is 0 Å². The summed E-state index contributed by atoms with van der Waals surface area (Å²) in [7, 11) is 2.34. The molecule has 2 rings (SSSR count). The third kappa shape index (κ3) is 4.44. The fourth-order valence-electron chi connectivity index (χ4n) is 3.81. The minimum atomic E-state index is 0.700. The number of hydrogen-bond acceptors (Lipinski definition) is 3. The first kappa shape index (κ1) is 15.3. The Labute approximate surface area is 119 Å². The first-order valence-corrected chi connectivity index (χ1v) is 8.22. The smallest absolute Gasteiger partial charge is 0.0469 e. The molecule has 1 aliphatic carbocycles. The molecule has 3 atom stereocenters. The summed E-state index contributed by atoms with van der Waals surface area (Å²) in [6, 6.07) is 1.43. The number of nitrogens with one attached hydrogen (secondary N) is 1. The van der Waals surface area contributed by atoms with Crippen LogP contribution in [0, 0.1) is 11.8 Å². The van der Waals surface area contributed by atoms with Crippen molar-refractivity contribution in [2.24, 2.45) is 11.8 Å². The molecule has 0 spiro atoms. The Morgan fingerprint density at radius 1 is 1.16 bits per heavy atom. The van der Waals surface area contributed by atoms with Crippen LogP contribution in [0.4, 0.5) is 0 Å². The molecule has 0 radical (unpaired) electrons. The SMILES string of the molecule is CCNC1CCC(C)CC1N(C)CC1CCOCC1. The Morgan fingerprint density at radius 2 is 1.89 bits per heavy atom. The molecule has 112 valence electrons. The standard InChI is InChI=1S/C16H32N2O/c1-4-17-15-6-5-13(2)11-16(15)18(3)12-14-7-9-19-10-8-14/h13-17H,4-12H2,1-3H3. The number of likely N-dealkylation sites (N-methyl/N-ethyl adjacent to an activating group) is 2. The van der Waals surface area contributed by atoms with Gasteiger partial charge in [0.15, 0.2) is 0 Å². The third-order valence-electron chi connectivity index (χ3n) is 5.00. The number of ether oxygens (including phenoxy) is 1. The Hall–Kier alpha value is -0.120. The summed E-state index contributed by atoms with van der Waals surface area (Å²) in [5.74, 6) is 1.73. The summed E-state index contributed by atoms with van der Waals surface area (Å²) in [6.07, 6.45) is 6.59. The van der Waals surface area contributed by atoms with E-state index in [1.165, 1.54) is 38.6 Å². The van der Waals surface area contributed by atoms with E-state index in [1.54, 1.807) is 0 Å². The van der Waals surface area contributed by atoms with Crippen molar-refractivity contribution < 1.29 is 4.74 Å². The second kappa shape index (κ2) is 7.61. The molecule has 0 bridgehead atoms. The second-order valence-electron chi connectivity index (χ2n) is 6.65. The van der Waals surface area contributed by atoms with E-state index in [0.29, 0.717) is 6.04 Å². The lowest BCUT2D eigenvalue weighted by atomic mass is 9.82. The monoisotopic (exact) mass is 268 g/mol. The van der Waals surface area contributed by atoms with E-state index in [0.717, 1.165) is 37.6 Å². The predicted octanol–water partition coefficient (Wildman–Crippen LogP) is 2.51. The van der Waals surface area contributed by atoms with E-state index in [-0.39, 0.29) is 0 Å². The molecular formula is C16H32N2O. The maximum atomic E-state index is 5.47. The summed E-state index contributed by atoms with van der Waals surface area (Å²) < 4.78 is 5.47. The first-order valence-electron chi connectivity index (χ1n) is 8.22. The highest BCUT2D eigenvalue weighted by molar-refractivity contribution is 4.89. The van der Waals surface area contributed by atoms with Crippen molar-refractivity contribution in [1.82, 2.24) is 10.2 Å². The van der Waals surface area contributed by atoms with Gasteiger partial charge in [-0.05, 0) is 57.5 Å². The van der Waals surface area contributed by atoms with Gasteiger partial charge in [0.1, 0.15) is 0 Å². The molecule has 3 nitrogen and oxygen atoms in total. The third-order valence-corrected chi connectivity index (χ3v) is 5.00. The molecule has 1 N–H and O–H groups in total. The van der Waals surface area contributed by atoms with Crippen molar-refractivity contribution in [3.63, 3.8) is 0 Å². The normalized spacial score (nSPS) is 33.8. The molecular weight excluding hydrogens is 236 g/mol. The molecule has 3 heteroatoms. The summed E-state index contributed by atoms with van der Waals surface area (Å²) in [5, 5.41) is 3.71. The average molecular weight is 268 g/mol. The van der Waals surface area contributed by atoms with E-state index in [4.69, 9.17) is 4.74 Å². The van der Waals surface area contributed by atoms with E-state index >= 15 is 0 Å². The first-order chi connectivity index (χ1) is 9.20. The Bertz CT molecular complexity index is 253. The molecule has 2 aliphatic rings. The summed E-state index contributed by atoms with van der Waals surface area (Å²) >= 11 is 0. The van der Waals surface area contributed by atoms with Crippen LogP contribution in [0.15, 0.2) is 0 Å². The van der Waals surface area contributed by atoms with Crippen molar-refractivity contribution in [1.29, 1.82) is 0 Å². The van der Waals surface area contributed by atoms with Crippen LogP contribution in [0.5, 0.6) is 0 Å². The Balaban J connectivity index is 1.87. The van der Waals surface area contributed by atoms with E-state index in [1.807, 2.05) is 0 Å². The highest BCUT2D eigenvalue weighted by Crippen LogP contribution is 2.28. The van der Waals surface area contributed by atoms with Crippen molar-refractivity contribution in [2.75, 3.05) is 33.4 Å². The van der Waals surface area contributed by atoms with Gasteiger partial charge in [0.05, 0.1) is 0 Å². The Kier molecular flexibility index (Phi) is 6.11. The van der Waals surface area contributed by atoms with Gasteiger partial charge in [-0.2, -0.15) is 0 Å². The minimum absolute atomic E-state index is 0.700. The summed E-state index contributed by atoms with van der Waals surface area (Å²) in [5.41, 5.74) is 0. The number of hydrogen-bond donors (Lipinski definition) is 1. The maximum Gasteiger partial charge on any atom is 0.0469 e. The van der Waals surface area contributed by atoms with Gasteiger partial charge in [-0.25, -0.2) is 0 Å². The van der Waals surface area contributed by atoms with Crippen LogP contribution < -0.4 is 5.32 Å². The zero-order valence-corrected chi connectivity index (χ0v) is 13.0. The zero-order valence-electron chi connectivity index (χ0n) is 13.0. The Morgan fingerprint density at radius 3 is 2.58 bits per heavy atom. The molecule has 0 aromatic rings. The lowest BCUT2D eigenvalue weighted by Gasteiger charge is -2.42. The lowest BCUT2D eigenvalue weighted by molar-refractivity contribution is 0.0399. The van der Waals surface area contributed by atoms with Crippen molar-refractivity contribution in [3.8, 4) is 0 Å². The van der Waals surface area contributed by atoms with Crippen LogP contribution in [0.3, 0.4) is 0 Å². The average Bonchev–Trinajstić information content (AvgIpc) is 2.42. The van der Waals surface area contributed by atoms with Gasteiger partial charge in [-0.1, -0.05) is 13.8 Å². The predicted molar refractivity (Wildman–Crippen MR) is 80.4 cm³/mol. The van der Waals surface area contributed by atoms with E-state index in [2.05, 4.69) is 31.1 Å². The molecule has 1 saturated carbocycles. The van der Waals surface area contributed by atoms with Crippen LogP contribution in [0.2, 0.25) is 0 Å². The molecule has 0 amide bonds. The van der Waals surface area contributed by atoms with Crippen LogP contribution in [-0.2, 0) is 4.74 Å². The quantitative estimate of drug-likeness (QED) is 0.829. The molecule has 2 fully saturated rings. The summed E-state index contributed by atoms with van der Waals surface area (Å²) in [6.45, 7) is 8.93. The summed E-state index contributed by atoms with van der Waals surface area (Å²) in [4.78, 5) is 2.64. The van der Waals surface area contributed by atoms with Crippen molar-refractivity contribution in [2.45, 2.75) is 58.0 Å². The van der Waals surface area contributed by atoms with Crippen LogP contribution in [-0.4, -0.2) is 50.3 Å². The topological polar surface area (TPSA) is 24.5 Å². The fourth-order valence-corrected chi connectivity index (χ4v) is 3.81. The van der Waals surface area contributed by atoms with Gasteiger partial charge >= 0.3 is 0 Å². The van der Waals surface area contributed by atoms with Crippen molar-refractivity contribution in [3.05, 3.63) is 0 Å². The zero-order chi connectivity index (χ0) is 13.7. The molecule has 19 heavy (non-hydrogen) atoms. The van der Waals surface area contributed by atoms with Crippen molar-refractivity contribution >= 4 is 0 Å². The molecule has 3 unspecified atom stereocenters. The van der Waals surface area contributed by atoms with Gasteiger partial charge in [-0.3, -0.25) is 0 Å². The maximum absolute atomic E-state index is 5.47. The fraction of sp³-hybridized carbons (Fsp3) is 1.00. The van der Waals surface area contributed by atoms with Gasteiger partial charge in [0, 0.05) is 31.8 Å². The highest BCUT2D eigenvalue weighted by atomic mass is 16.5. The highest BCUT2D eigenvalue weighted by Gasteiger charge is 2.31. The number of nitrogens with zero attached hydrogens (tertiary/aromatic N) is 1. The lowest BCUT2D eigenvalue weighted by Crippen LogP contribution is -2.53. The van der Waals surface area contributed by atoms with Gasteiger partial charge in [-0.15, -0.1) is 0 Å². The van der Waals surface area contributed by atoms with Gasteiger partial charge < -0.3 is 15.0 Å².